The van der Waals surface area contributed by atoms with Crippen LogP contribution in [0.25, 0.3) is 0 Å². The standard InChI is InChI=1S/C12H17NO4/c1-7(2)9(6-10(14)15)13-12(16)11-8(3)4-5-17-11/h4-5,7,9H,6H2,1-3H3,(H,13,16)(H,14,15). The van der Waals surface area contributed by atoms with Crippen molar-refractivity contribution in [3.8, 4) is 0 Å². The van der Waals surface area contributed by atoms with E-state index in [0.29, 0.717) is 0 Å². The van der Waals surface area contributed by atoms with E-state index in [2.05, 4.69) is 5.32 Å². The fourth-order valence-corrected chi connectivity index (χ4v) is 1.48. The van der Waals surface area contributed by atoms with E-state index >= 15 is 0 Å². The number of carboxylic acids is 1. The number of hydrogen-bond acceptors (Lipinski definition) is 3. The van der Waals surface area contributed by atoms with Gasteiger partial charge in [-0.05, 0) is 18.9 Å². The van der Waals surface area contributed by atoms with E-state index in [4.69, 9.17) is 9.52 Å². The summed E-state index contributed by atoms with van der Waals surface area (Å²) in [5.41, 5.74) is 0.736. The lowest BCUT2D eigenvalue weighted by Gasteiger charge is -2.20. The molecule has 0 saturated carbocycles. The Hall–Kier alpha value is -1.78. The Bertz CT molecular complexity index is 408. The zero-order chi connectivity index (χ0) is 13.0. The number of aryl methyl sites for hydroxylation is 1. The van der Waals surface area contributed by atoms with Crippen LogP contribution in [-0.2, 0) is 4.79 Å². The highest BCUT2D eigenvalue weighted by Gasteiger charge is 2.22. The molecule has 0 aliphatic rings. The number of carboxylic acid groups (broad SMARTS) is 1. The van der Waals surface area contributed by atoms with Crippen LogP contribution in [0.1, 0.15) is 36.4 Å². The lowest BCUT2D eigenvalue weighted by atomic mass is 10.0. The number of nitrogens with one attached hydrogen (secondary N) is 1. The lowest BCUT2D eigenvalue weighted by molar-refractivity contribution is -0.137. The smallest absolute Gasteiger partial charge is 0.305 e. The minimum absolute atomic E-state index is 0.0466. The van der Waals surface area contributed by atoms with E-state index in [9.17, 15) is 9.59 Å². The van der Waals surface area contributed by atoms with E-state index in [1.807, 2.05) is 13.8 Å². The largest absolute Gasteiger partial charge is 0.481 e. The van der Waals surface area contributed by atoms with Crippen molar-refractivity contribution >= 4 is 11.9 Å². The Kier molecular flexibility index (Phi) is 4.31. The first-order chi connectivity index (χ1) is 7.91. The molecule has 0 radical (unpaired) electrons. The normalized spacial score (nSPS) is 12.5. The second kappa shape index (κ2) is 5.52. The minimum Gasteiger partial charge on any atom is -0.481 e. The molecule has 0 aliphatic carbocycles. The third kappa shape index (κ3) is 3.62. The predicted octanol–water partition coefficient (Wildman–Crippen LogP) is 1.82. The SMILES string of the molecule is Cc1ccoc1C(=O)NC(CC(=O)O)C(C)C. The van der Waals surface area contributed by atoms with Crippen molar-refractivity contribution in [3.05, 3.63) is 23.7 Å². The Morgan fingerprint density at radius 3 is 2.53 bits per heavy atom. The average Bonchev–Trinajstić information content (AvgIpc) is 2.62. The van der Waals surface area contributed by atoms with Crippen molar-refractivity contribution in [2.45, 2.75) is 33.2 Å². The Labute approximate surface area is 99.8 Å². The summed E-state index contributed by atoms with van der Waals surface area (Å²) in [6, 6.07) is 1.29. The monoisotopic (exact) mass is 239 g/mol. The van der Waals surface area contributed by atoms with Crippen molar-refractivity contribution in [3.63, 3.8) is 0 Å². The van der Waals surface area contributed by atoms with Crippen LogP contribution >= 0.6 is 0 Å². The summed E-state index contributed by atoms with van der Waals surface area (Å²) in [5, 5.41) is 11.4. The number of rotatable bonds is 5. The first kappa shape index (κ1) is 13.3. The average molecular weight is 239 g/mol. The zero-order valence-electron chi connectivity index (χ0n) is 10.2. The molecular weight excluding hydrogens is 222 g/mol. The van der Waals surface area contributed by atoms with Crippen LogP contribution in [-0.4, -0.2) is 23.0 Å². The maximum Gasteiger partial charge on any atom is 0.305 e. The maximum absolute atomic E-state index is 11.8. The predicted molar refractivity (Wildman–Crippen MR) is 61.8 cm³/mol. The first-order valence-electron chi connectivity index (χ1n) is 5.48. The maximum atomic E-state index is 11.8. The second-order valence-corrected chi connectivity index (χ2v) is 4.35. The fourth-order valence-electron chi connectivity index (χ4n) is 1.48. The van der Waals surface area contributed by atoms with Gasteiger partial charge >= 0.3 is 5.97 Å². The summed E-state index contributed by atoms with van der Waals surface area (Å²) in [4.78, 5) is 22.5. The fraction of sp³-hybridized carbons (Fsp3) is 0.500. The number of furan rings is 1. The van der Waals surface area contributed by atoms with Crippen molar-refractivity contribution in [1.82, 2.24) is 5.32 Å². The number of hydrogen-bond donors (Lipinski definition) is 2. The van der Waals surface area contributed by atoms with Crippen LogP contribution in [0.2, 0.25) is 0 Å². The molecule has 0 spiro atoms. The molecule has 0 fully saturated rings. The van der Waals surface area contributed by atoms with Gasteiger partial charge in [0.2, 0.25) is 0 Å². The van der Waals surface area contributed by atoms with Gasteiger partial charge in [0.15, 0.2) is 5.76 Å². The summed E-state index contributed by atoms with van der Waals surface area (Å²) < 4.78 is 5.05. The highest BCUT2D eigenvalue weighted by Crippen LogP contribution is 2.11. The Morgan fingerprint density at radius 2 is 2.12 bits per heavy atom. The molecule has 1 aromatic heterocycles. The van der Waals surface area contributed by atoms with Gasteiger partial charge in [-0.15, -0.1) is 0 Å². The molecule has 1 heterocycles. The second-order valence-electron chi connectivity index (χ2n) is 4.35. The molecule has 1 unspecified atom stereocenters. The van der Waals surface area contributed by atoms with E-state index in [0.717, 1.165) is 5.56 Å². The molecule has 1 atom stereocenters. The molecule has 0 aromatic carbocycles. The summed E-state index contributed by atoms with van der Waals surface area (Å²) in [7, 11) is 0. The summed E-state index contributed by atoms with van der Waals surface area (Å²) >= 11 is 0. The number of carbonyl (C=O) groups excluding carboxylic acids is 1. The van der Waals surface area contributed by atoms with Crippen LogP contribution in [0.4, 0.5) is 0 Å². The quantitative estimate of drug-likeness (QED) is 0.821. The Balaban J connectivity index is 2.71. The van der Waals surface area contributed by atoms with E-state index < -0.39 is 12.0 Å². The van der Waals surface area contributed by atoms with E-state index in [-0.39, 0.29) is 24.0 Å². The molecule has 1 aromatic rings. The summed E-state index contributed by atoms with van der Waals surface area (Å²) in [6.07, 6.45) is 1.34. The zero-order valence-corrected chi connectivity index (χ0v) is 10.2. The molecule has 17 heavy (non-hydrogen) atoms. The molecule has 1 amide bonds. The molecule has 0 aliphatic heterocycles. The van der Waals surface area contributed by atoms with Crippen LogP contribution in [0.5, 0.6) is 0 Å². The van der Waals surface area contributed by atoms with E-state index in [1.165, 1.54) is 6.26 Å². The number of carbonyl (C=O) groups is 2. The van der Waals surface area contributed by atoms with Crippen LogP contribution < -0.4 is 5.32 Å². The highest BCUT2D eigenvalue weighted by atomic mass is 16.4. The molecule has 5 nitrogen and oxygen atoms in total. The van der Waals surface area contributed by atoms with Gasteiger partial charge in [0.05, 0.1) is 12.7 Å². The third-order valence-corrected chi connectivity index (χ3v) is 2.58. The molecular formula is C12H17NO4. The van der Waals surface area contributed by atoms with Gasteiger partial charge in [0.1, 0.15) is 0 Å². The van der Waals surface area contributed by atoms with Gasteiger partial charge in [-0.2, -0.15) is 0 Å². The van der Waals surface area contributed by atoms with Gasteiger partial charge in [-0.25, -0.2) is 0 Å². The lowest BCUT2D eigenvalue weighted by Crippen LogP contribution is -2.40. The van der Waals surface area contributed by atoms with Gasteiger partial charge in [-0.1, -0.05) is 13.8 Å². The Morgan fingerprint density at radius 1 is 1.47 bits per heavy atom. The number of aliphatic carboxylic acids is 1. The van der Waals surface area contributed by atoms with Crippen molar-refractivity contribution < 1.29 is 19.1 Å². The third-order valence-electron chi connectivity index (χ3n) is 2.58. The van der Waals surface area contributed by atoms with Crippen LogP contribution in [0.3, 0.4) is 0 Å². The van der Waals surface area contributed by atoms with Crippen molar-refractivity contribution in [2.24, 2.45) is 5.92 Å². The molecule has 0 bridgehead atoms. The van der Waals surface area contributed by atoms with Gasteiger partial charge in [0, 0.05) is 11.6 Å². The van der Waals surface area contributed by atoms with E-state index in [1.54, 1.807) is 13.0 Å². The molecule has 1 rings (SSSR count). The van der Waals surface area contributed by atoms with Crippen molar-refractivity contribution in [2.75, 3.05) is 0 Å². The topological polar surface area (TPSA) is 79.5 Å². The molecule has 5 heteroatoms. The van der Waals surface area contributed by atoms with Crippen LogP contribution in [0, 0.1) is 12.8 Å². The highest BCUT2D eigenvalue weighted by molar-refractivity contribution is 5.93. The summed E-state index contributed by atoms with van der Waals surface area (Å²) in [6.45, 7) is 5.49. The van der Waals surface area contributed by atoms with Gasteiger partial charge in [0.25, 0.3) is 5.91 Å². The van der Waals surface area contributed by atoms with Gasteiger partial charge < -0.3 is 14.8 Å². The van der Waals surface area contributed by atoms with Crippen LogP contribution in [0.15, 0.2) is 16.7 Å². The minimum atomic E-state index is -0.930. The molecule has 0 saturated heterocycles. The van der Waals surface area contributed by atoms with Crippen molar-refractivity contribution in [1.29, 1.82) is 0 Å². The molecule has 94 valence electrons. The van der Waals surface area contributed by atoms with Gasteiger partial charge in [-0.3, -0.25) is 9.59 Å². The first-order valence-corrected chi connectivity index (χ1v) is 5.48. The molecule has 2 N–H and O–H groups in total. The summed E-state index contributed by atoms with van der Waals surface area (Å²) in [5.74, 6) is -1.01. The number of amides is 1.